The zero-order valence-electron chi connectivity index (χ0n) is 15.7. The van der Waals surface area contributed by atoms with Crippen molar-refractivity contribution in [1.29, 1.82) is 0 Å². The first-order valence-corrected chi connectivity index (χ1v) is 10.5. The zero-order valence-corrected chi connectivity index (χ0v) is 16.5. The van der Waals surface area contributed by atoms with Crippen LogP contribution >= 0.6 is 0 Å². The van der Waals surface area contributed by atoms with Gasteiger partial charge in [-0.15, -0.1) is 0 Å². The van der Waals surface area contributed by atoms with Crippen LogP contribution in [0.25, 0.3) is 11.2 Å². The molecule has 0 fully saturated rings. The first-order chi connectivity index (χ1) is 13.9. The number of pyridine rings is 1. The summed E-state index contributed by atoms with van der Waals surface area (Å²) < 4.78 is 42.6. The number of halogens is 1. The van der Waals surface area contributed by atoms with E-state index >= 15 is 0 Å². The van der Waals surface area contributed by atoms with Crippen molar-refractivity contribution in [3.8, 4) is 0 Å². The molecule has 2 aromatic heterocycles. The Morgan fingerprint density at radius 2 is 1.76 bits per heavy atom. The Kier molecular flexibility index (Phi) is 5.12. The van der Waals surface area contributed by atoms with Crippen molar-refractivity contribution in [3.63, 3.8) is 0 Å². The predicted octanol–water partition coefficient (Wildman–Crippen LogP) is 3.41. The van der Waals surface area contributed by atoms with Gasteiger partial charge in [-0.2, -0.15) is 0 Å². The van der Waals surface area contributed by atoms with Crippen LogP contribution in [-0.2, 0) is 23.1 Å². The van der Waals surface area contributed by atoms with Crippen molar-refractivity contribution in [2.75, 3.05) is 0 Å². The lowest BCUT2D eigenvalue weighted by molar-refractivity contribution is 0.575. The van der Waals surface area contributed by atoms with E-state index in [1.54, 1.807) is 12.3 Å². The Labute approximate surface area is 168 Å². The van der Waals surface area contributed by atoms with Gasteiger partial charge in [0, 0.05) is 6.20 Å². The van der Waals surface area contributed by atoms with Crippen LogP contribution in [0.4, 0.5) is 4.39 Å². The third kappa shape index (κ3) is 4.18. The number of benzene rings is 2. The molecule has 2 aromatic carbocycles. The van der Waals surface area contributed by atoms with Gasteiger partial charge in [0.1, 0.15) is 17.2 Å². The summed E-state index contributed by atoms with van der Waals surface area (Å²) in [7, 11) is -3.80. The molecule has 0 aliphatic carbocycles. The molecule has 6 nitrogen and oxygen atoms in total. The van der Waals surface area contributed by atoms with E-state index in [4.69, 9.17) is 0 Å². The van der Waals surface area contributed by atoms with Crippen LogP contribution in [0.3, 0.4) is 0 Å². The fraction of sp³-hybridized carbons (Fsp3) is 0.143. The molecule has 0 amide bonds. The molecule has 0 radical (unpaired) electrons. The molecular formula is C21H19FN4O2S. The monoisotopic (exact) mass is 410 g/mol. The van der Waals surface area contributed by atoms with Gasteiger partial charge < -0.3 is 4.57 Å². The summed E-state index contributed by atoms with van der Waals surface area (Å²) in [6.45, 7) is 2.52. The standard InChI is InChI=1S/C21H19FN4O2S/c1-15-4-6-16(7-5-15)14-26-20(25-19-3-2-12-23-21(19)26)13-24-29(27,28)18-10-8-17(22)9-11-18/h2-12,24H,13-14H2,1H3. The normalized spacial score (nSPS) is 11.8. The van der Waals surface area contributed by atoms with Crippen molar-refractivity contribution >= 4 is 21.2 Å². The molecule has 0 atom stereocenters. The average molecular weight is 410 g/mol. The van der Waals surface area contributed by atoms with Gasteiger partial charge >= 0.3 is 0 Å². The van der Waals surface area contributed by atoms with Gasteiger partial charge in [0.2, 0.25) is 10.0 Å². The SMILES string of the molecule is Cc1ccc(Cn2c(CNS(=O)(=O)c3ccc(F)cc3)nc3cccnc32)cc1. The summed E-state index contributed by atoms with van der Waals surface area (Å²) in [6, 6.07) is 16.4. The van der Waals surface area contributed by atoms with E-state index in [-0.39, 0.29) is 11.4 Å². The first-order valence-electron chi connectivity index (χ1n) is 9.03. The second kappa shape index (κ2) is 7.73. The van der Waals surface area contributed by atoms with E-state index in [2.05, 4.69) is 14.7 Å². The van der Waals surface area contributed by atoms with E-state index < -0.39 is 15.8 Å². The molecule has 0 saturated heterocycles. The highest BCUT2D eigenvalue weighted by Crippen LogP contribution is 2.17. The molecule has 0 aliphatic heterocycles. The highest BCUT2D eigenvalue weighted by Gasteiger charge is 2.17. The smallest absolute Gasteiger partial charge is 0.240 e. The molecule has 0 unspecified atom stereocenters. The number of rotatable bonds is 6. The van der Waals surface area contributed by atoms with E-state index in [0.717, 1.165) is 23.3 Å². The van der Waals surface area contributed by atoms with Crippen LogP contribution in [0.15, 0.2) is 71.8 Å². The number of nitrogens with one attached hydrogen (secondary N) is 1. The number of hydrogen-bond acceptors (Lipinski definition) is 4. The van der Waals surface area contributed by atoms with Crippen LogP contribution in [-0.4, -0.2) is 23.0 Å². The average Bonchev–Trinajstić information content (AvgIpc) is 3.06. The second-order valence-corrected chi connectivity index (χ2v) is 8.49. The van der Waals surface area contributed by atoms with E-state index in [0.29, 0.717) is 23.5 Å². The molecule has 4 rings (SSSR count). The van der Waals surface area contributed by atoms with Crippen molar-refractivity contribution < 1.29 is 12.8 Å². The quantitative estimate of drug-likeness (QED) is 0.529. The largest absolute Gasteiger partial charge is 0.307 e. The van der Waals surface area contributed by atoms with Crippen molar-refractivity contribution in [2.45, 2.75) is 24.9 Å². The van der Waals surface area contributed by atoms with E-state index in [9.17, 15) is 12.8 Å². The van der Waals surface area contributed by atoms with E-state index in [1.165, 1.54) is 12.1 Å². The van der Waals surface area contributed by atoms with Gasteiger partial charge in [-0.05, 0) is 48.9 Å². The number of hydrogen-bond donors (Lipinski definition) is 1. The van der Waals surface area contributed by atoms with E-state index in [1.807, 2.05) is 41.8 Å². The fourth-order valence-electron chi connectivity index (χ4n) is 3.04. The van der Waals surface area contributed by atoms with Gasteiger partial charge in [0.25, 0.3) is 0 Å². The van der Waals surface area contributed by atoms with Crippen LogP contribution < -0.4 is 4.72 Å². The van der Waals surface area contributed by atoms with Gasteiger partial charge in [0.15, 0.2) is 5.65 Å². The van der Waals surface area contributed by atoms with Crippen molar-refractivity contribution in [2.24, 2.45) is 0 Å². The summed E-state index contributed by atoms with van der Waals surface area (Å²) in [4.78, 5) is 8.96. The van der Waals surface area contributed by atoms with Crippen LogP contribution in [0, 0.1) is 12.7 Å². The summed E-state index contributed by atoms with van der Waals surface area (Å²) in [5.74, 6) is 0.0554. The van der Waals surface area contributed by atoms with Gasteiger partial charge in [-0.25, -0.2) is 27.5 Å². The zero-order chi connectivity index (χ0) is 20.4. The predicted molar refractivity (Wildman–Crippen MR) is 108 cm³/mol. The summed E-state index contributed by atoms with van der Waals surface area (Å²) in [6.07, 6.45) is 1.68. The lowest BCUT2D eigenvalue weighted by atomic mass is 10.1. The fourth-order valence-corrected chi connectivity index (χ4v) is 4.02. The maximum atomic E-state index is 13.1. The Bertz CT molecular complexity index is 1250. The minimum atomic E-state index is -3.80. The van der Waals surface area contributed by atoms with Gasteiger partial charge in [-0.3, -0.25) is 0 Å². The van der Waals surface area contributed by atoms with Crippen LogP contribution in [0.2, 0.25) is 0 Å². The molecule has 148 valence electrons. The third-order valence-corrected chi connectivity index (χ3v) is 6.01. The van der Waals surface area contributed by atoms with Gasteiger partial charge in [-0.1, -0.05) is 29.8 Å². The molecule has 29 heavy (non-hydrogen) atoms. The minimum Gasteiger partial charge on any atom is -0.307 e. The molecule has 8 heteroatoms. The van der Waals surface area contributed by atoms with Gasteiger partial charge in [0.05, 0.1) is 18.0 Å². The molecule has 4 aromatic rings. The summed E-state index contributed by atoms with van der Waals surface area (Å²) in [5.41, 5.74) is 3.59. The number of sulfonamides is 1. The highest BCUT2D eigenvalue weighted by molar-refractivity contribution is 7.89. The molecule has 0 spiro atoms. The lowest BCUT2D eigenvalue weighted by Crippen LogP contribution is -2.25. The topological polar surface area (TPSA) is 76.9 Å². The number of aromatic nitrogens is 3. The molecular weight excluding hydrogens is 391 g/mol. The summed E-state index contributed by atoms with van der Waals surface area (Å²) >= 11 is 0. The molecule has 0 aliphatic rings. The van der Waals surface area contributed by atoms with Crippen molar-refractivity contribution in [3.05, 3.63) is 89.6 Å². The number of imidazole rings is 1. The highest BCUT2D eigenvalue weighted by atomic mass is 32.2. The van der Waals surface area contributed by atoms with Crippen LogP contribution in [0.5, 0.6) is 0 Å². The third-order valence-electron chi connectivity index (χ3n) is 4.59. The molecule has 0 bridgehead atoms. The Hall–Kier alpha value is -3.10. The number of nitrogens with zero attached hydrogens (tertiary/aromatic N) is 3. The maximum absolute atomic E-state index is 13.1. The second-order valence-electron chi connectivity index (χ2n) is 6.72. The Morgan fingerprint density at radius 3 is 2.48 bits per heavy atom. The van der Waals surface area contributed by atoms with Crippen LogP contribution in [0.1, 0.15) is 17.0 Å². The summed E-state index contributed by atoms with van der Waals surface area (Å²) in [5, 5.41) is 0. The Balaban J connectivity index is 1.64. The molecule has 2 heterocycles. The lowest BCUT2D eigenvalue weighted by Gasteiger charge is -2.11. The molecule has 0 saturated carbocycles. The first kappa shape index (κ1) is 19.2. The minimum absolute atomic E-state index is 0.00165. The van der Waals surface area contributed by atoms with Crippen molar-refractivity contribution in [1.82, 2.24) is 19.3 Å². The molecule has 1 N–H and O–H groups in total. The maximum Gasteiger partial charge on any atom is 0.240 e. The number of fused-ring (bicyclic) bond motifs is 1. The Morgan fingerprint density at radius 1 is 1.03 bits per heavy atom. The number of aryl methyl sites for hydroxylation is 1.